The SMILES string of the molecule is Cc1ccccc1NS(=O)(=O)c1ccc(C(=O)N(C)C2CCNCC2)cc1. The van der Waals surface area contributed by atoms with Crippen LogP contribution in [0.3, 0.4) is 0 Å². The maximum atomic E-state index is 12.7. The zero-order valence-electron chi connectivity index (χ0n) is 15.6. The number of nitrogens with zero attached hydrogens (tertiary/aromatic N) is 1. The molecule has 0 radical (unpaired) electrons. The Labute approximate surface area is 160 Å². The maximum Gasteiger partial charge on any atom is 0.261 e. The van der Waals surface area contributed by atoms with E-state index in [4.69, 9.17) is 0 Å². The van der Waals surface area contributed by atoms with Crippen molar-refractivity contribution >= 4 is 21.6 Å². The highest BCUT2D eigenvalue weighted by Crippen LogP contribution is 2.20. The van der Waals surface area contributed by atoms with Gasteiger partial charge in [0, 0.05) is 18.7 Å². The number of amides is 1. The third-order valence-electron chi connectivity index (χ3n) is 4.98. The van der Waals surface area contributed by atoms with E-state index in [9.17, 15) is 13.2 Å². The number of nitrogens with one attached hydrogen (secondary N) is 2. The number of rotatable bonds is 5. The van der Waals surface area contributed by atoms with Crippen molar-refractivity contribution in [2.75, 3.05) is 24.9 Å². The Hall–Kier alpha value is -2.38. The van der Waals surface area contributed by atoms with Crippen LogP contribution in [0.2, 0.25) is 0 Å². The summed E-state index contributed by atoms with van der Waals surface area (Å²) in [4.78, 5) is 14.6. The molecule has 1 saturated heterocycles. The van der Waals surface area contributed by atoms with Crippen LogP contribution >= 0.6 is 0 Å². The standard InChI is InChI=1S/C20H25N3O3S/c1-15-5-3-4-6-19(15)22-27(25,26)18-9-7-16(8-10-18)20(24)23(2)17-11-13-21-14-12-17/h3-10,17,21-22H,11-14H2,1-2H3. The molecule has 0 unspecified atom stereocenters. The second-order valence-electron chi connectivity index (χ2n) is 6.84. The second kappa shape index (κ2) is 8.10. The van der Waals surface area contributed by atoms with Crippen LogP contribution in [0.25, 0.3) is 0 Å². The highest BCUT2D eigenvalue weighted by atomic mass is 32.2. The van der Waals surface area contributed by atoms with Crippen LogP contribution in [0.1, 0.15) is 28.8 Å². The van der Waals surface area contributed by atoms with Crippen molar-refractivity contribution in [3.8, 4) is 0 Å². The Bertz CT molecular complexity index is 904. The summed E-state index contributed by atoms with van der Waals surface area (Å²) in [6, 6.07) is 13.5. The van der Waals surface area contributed by atoms with Crippen molar-refractivity contribution in [2.45, 2.75) is 30.7 Å². The molecule has 0 aliphatic carbocycles. The molecule has 1 heterocycles. The van der Waals surface area contributed by atoms with Crippen molar-refractivity contribution in [3.63, 3.8) is 0 Å². The molecule has 1 aliphatic rings. The van der Waals surface area contributed by atoms with Crippen molar-refractivity contribution < 1.29 is 13.2 Å². The van der Waals surface area contributed by atoms with Gasteiger partial charge < -0.3 is 10.2 Å². The lowest BCUT2D eigenvalue weighted by Gasteiger charge is -2.31. The zero-order chi connectivity index (χ0) is 19.4. The zero-order valence-corrected chi connectivity index (χ0v) is 16.4. The molecule has 6 nitrogen and oxygen atoms in total. The molecule has 7 heteroatoms. The Kier molecular flexibility index (Phi) is 5.82. The summed E-state index contributed by atoms with van der Waals surface area (Å²) in [6.07, 6.45) is 1.85. The average Bonchev–Trinajstić information content (AvgIpc) is 2.69. The number of sulfonamides is 1. The van der Waals surface area contributed by atoms with E-state index in [-0.39, 0.29) is 16.8 Å². The molecule has 144 valence electrons. The minimum atomic E-state index is -3.70. The maximum absolute atomic E-state index is 12.7. The lowest BCUT2D eigenvalue weighted by molar-refractivity contribution is 0.0703. The van der Waals surface area contributed by atoms with Crippen LogP contribution in [0.15, 0.2) is 53.4 Å². The lowest BCUT2D eigenvalue weighted by Crippen LogP contribution is -2.43. The van der Waals surface area contributed by atoms with Gasteiger partial charge in [0.25, 0.3) is 15.9 Å². The third kappa shape index (κ3) is 4.48. The molecule has 2 aromatic rings. The Balaban J connectivity index is 1.74. The van der Waals surface area contributed by atoms with Crippen LogP contribution in [0.5, 0.6) is 0 Å². The number of carbonyl (C=O) groups is 1. The number of piperidine rings is 1. The first-order valence-corrected chi connectivity index (χ1v) is 10.5. The molecular weight excluding hydrogens is 362 g/mol. The summed E-state index contributed by atoms with van der Waals surface area (Å²) < 4.78 is 27.8. The monoisotopic (exact) mass is 387 g/mol. The van der Waals surface area contributed by atoms with Crippen molar-refractivity contribution in [1.82, 2.24) is 10.2 Å². The number of para-hydroxylation sites is 1. The van der Waals surface area contributed by atoms with Crippen LogP contribution < -0.4 is 10.0 Å². The summed E-state index contributed by atoms with van der Waals surface area (Å²) in [6.45, 7) is 3.66. The highest BCUT2D eigenvalue weighted by Gasteiger charge is 2.23. The largest absolute Gasteiger partial charge is 0.339 e. The Morgan fingerprint density at radius 3 is 2.33 bits per heavy atom. The second-order valence-corrected chi connectivity index (χ2v) is 8.52. The molecule has 2 N–H and O–H groups in total. The molecule has 0 spiro atoms. The summed E-state index contributed by atoms with van der Waals surface area (Å²) in [5.74, 6) is -0.0855. The fraction of sp³-hybridized carbons (Fsp3) is 0.350. The Morgan fingerprint density at radius 2 is 1.70 bits per heavy atom. The van der Waals surface area contributed by atoms with Gasteiger partial charge in [-0.1, -0.05) is 18.2 Å². The number of carbonyl (C=O) groups excluding carboxylic acids is 1. The normalized spacial score (nSPS) is 15.3. The molecular formula is C20H25N3O3S. The fourth-order valence-corrected chi connectivity index (χ4v) is 4.36. The Morgan fingerprint density at radius 1 is 1.07 bits per heavy atom. The molecule has 2 aromatic carbocycles. The minimum absolute atomic E-state index is 0.0855. The first-order chi connectivity index (χ1) is 12.9. The van der Waals surface area contributed by atoms with Crippen LogP contribution in [-0.2, 0) is 10.0 Å². The van der Waals surface area contributed by atoms with Gasteiger partial charge in [0.1, 0.15) is 0 Å². The first kappa shape index (κ1) is 19.4. The summed E-state index contributed by atoms with van der Waals surface area (Å²) in [7, 11) is -1.89. The third-order valence-corrected chi connectivity index (χ3v) is 6.36. The van der Waals surface area contributed by atoms with Crippen molar-refractivity contribution in [2.24, 2.45) is 0 Å². The van der Waals surface area contributed by atoms with Gasteiger partial charge in [-0.2, -0.15) is 0 Å². The van der Waals surface area contributed by atoms with E-state index in [1.165, 1.54) is 12.1 Å². The number of hydrogen-bond donors (Lipinski definition) is 2. The molecule has 1 aliphatic heterocycles. The molecule has 3 rings (SSSR count). The van der Waals surface area contributed by atoms with Crippen molar-refractivity contribution in [1.29, 1.82) is 0 Å². The summed E-state index contributed by atoms with van der Waals surface area (Å²) >= 11 is 0. The molecule has 0 aromatic heterocycles. The van der Waals surface area contributed by atoms with Crippen LogP contribution in [0, 0.1) is 6.92 Å². The number of aryl methyl sites for hydroxylation is 1. The molecule has 0 saturated carbocycles. The van der Waals surface area contributed by atoms with Crippen LogP contribution in [-0.4, -0.2) is 45.4 Å². The number of hydrogen-bond acceptors (Lipinski definition) is 4. The molecule has 0 bridgehead atoms. The molecule has 27 heavy (non-hydrogen) atoms. The van der Waals surface area contributed by atoms with E-state index in [1.54, 1.807) is 29.2 Å². The lowest BCUT2D eigenvalue weighted by atomic mass is 10.0. The van der Waals surface area contributed by atoms with E-state index in [2.05, 4.69) is 10.0 Å². The van der Waals surface area contributed by atoms with Gasteiger partial charge in [0.05, 0.1) is 10.6 Å². The van der Waals surface area contributed by atoms with Gasteiger partial charge in [0.15, 0.2) is 0 Å². The van der Waals surface area contributed by atoms with Gasteiger partial charge in [-0.15, -0.1) is 0 Å². The van der Waals surface area contributed by atoms with Gasteiger partial charge in [0.2, 0.25) is 0 Å². The number of anilines is 1. The highest BCUT2D eigenvalue weighted by molar-refractivity contribution is 7.92. The van der Waals surface area contributed by atoms with E-state index < -0.39 is 10.0 Å². The molecule has 1 amide bonds. The molecule has 1 fully saturated rings. The van der Waals surface area contributed by atoms with E-state index in [0.717, 1.165) is 31.5 Å². The average molecular weight is 388 g/mol. The topological polar surface area (TPSA) is 78.5 Å². The number of benzene rings is 2. The van der Waals surface area contributed by atoms with Gasteiger partial charge in [-0.05, 0) is 68.8 Å². The first-order valence-electron chi connectivity index (χ1n) is 9.05. The summed E-state index contributed by atoms with van der Waals surface area (Å²) in [5, 5.41) is 3.28. The van der Waals surface area contributed by atoms with Gasteiger partial charge in [-0.25, -0.2) is 8.42 Å². The predicted octanol–water partition coefficient (Wildman–Crippen LogP) is 2.62. The smallest absolute Gasteiger partial charge is 0.261 e. The van der Waals surface area contributed by atoms with Crippen LogP contribution in [0.4, 0.5) is 5.69 Å². The van der Waals surface area contributed by atoms with E-state index in [0.29, 0.717) is 11.3 Å². The predicted molar refractivity (Wildman–Crippen MR) is 106 cm³/mol. The van der Waals surface area contributed by atoms with Crippen molar-refractivity contribution in [3.05, 3.63) is 59.7 Å². The molecule has 0 atom stereocenters. The fourth-order valence-electron chi connectivity index (χ4n) is 3.23. The minimum Gasteiger partial charge on any atom is -0.339 e. The van der Waals surface area contributed by atoms with Gasteiger partial charge >= 0.3 is 0 Å². The summed E-state index contributed by atoms with van der Waals surface area (Å²) in [5.41, 5.74) is 1.88. The quantitative estimate of drug-likeness (QED) is 0.827. The van der Waals surface area contributed by atoms with E-state index >= 15 is 0 Å². The van der Waals surface area contributed by atoms with Gasteiger partial charge in [-0.3, -0.25) is 9.52 Å². The van der Waals surface area contributed by atoms with E-state index in [1.807, 2.05) is 26.1 Å².